The first-order valence-electron chi connectivity index (χ1n) is 11.4. The Labute approximate surface area is 183 Å². The first-order valence-corrected chi connectivity index (χ1v) is 11.4. The van der Waals surface area contributed by atoms with Crippen molar-refractivity contribution < 1.29 is 19.1 Å². The summed E-state index contributed by atoms with van der Waals surface area (Å²) in [5.74, 6) is -0.135. The second-order valence-electron chi connectivity index (χ2n) is 8.62. The number of amides is 4. The minimum Gasteiger partial charge on any atom is -0.378 e. The Morgan fingerprint density at radius 2 is 1.55 bits per heavy atom. The van der Waals surface area contributed by atoms with Crippen molar-refractivity contribution in [2.75, 3.05) is 57.8 Å². The molecular formula is C23H32N4O4. The monoisotopic (exact) mass is 428 g/mol. The Morgan fingerprint density at radius 3 is 2.26 bits per heavy atom. The molecule has 8 nitrogen and oxygen atoms in total. The molecule has 1 unspecified atom stereocenters. The van der Waals surface area contributed by atoms with E-state index in [0.29, 0.717) is 39.3 Å². The summed E-state index contributed by atoms with van der Waals surface area (Å²) in [6.07, 6.45) is 4.13. The number of rotatable bonds is 4. The van der Waals surface area contributed by atoms with Crippen molar-refractivity contribution in [3.63, 3.8) is 0 Å². The van der Waals surface area contributed by atoms with Crippen molar-refractivity contribution in [1.29, 1.82) is 0 Å². The number of likely N-dealkylation sites (tertiary alicyclic amines) is 2. The third-order valence-corrected chi connectivity index (χ3v) is 6.38. The van der Waals surface area contributed by atoms with E-state index in [1.54, 1.807) is 0 Å². The number of hydrogen-bond donors (Lipinski definition) is 1. The SMILES string of the molecule is O=C(Nc1ccc(CC(=O)N2CCOCC2)cc1)C1CCCN(C(=O)N2CCCC2)C1. The molecule has 3 aliphatic rings. The molecule has 31 heavy (non-hydrogen) atoms. The number of carbonyl (C=O) groups is 3. The summed E-state index contributed by atoms with van der Waals surface area (Å²) in [5, 5.41) is 2.98. The van der Waals surface area contributed by atoms with E-state index in [-0.39, 0.29) is 23.8 Å². The molecule has 1 aromatic rings. The van der Waals surface area contributed by atoms with Crippen LogP contribution in [0, 0.1) is 5.92 Å². The minimum absolute atomic E-state index is 0.0453. The normalized spacial score (nSPS) is 21.8. The van der Waals surface area contributed by atoms with Crippen LogP contribution in [0.3, 0.4) is 0 Å². The third-order valence-electron chi connectivity index (χ3n) is 6.38. The number of piperidine rings is 1. The molecule has 3 fully saturated rings. The van der Waals surface area contributed by atoms with Crippen LogP contribution in [0.2, 0.25) is 0 Å². The largest absolute Gasteiger partial charge is 0.378 e. The average molecular weight is 429 g/mol. The van der Waals surface area contributed by atoms with Crippen molar-refractivity contribution >= 4 is 23.5 Å². The van der Waals surface area contributed by atoms with Gasteiger partial charge in [-0.2, -0.15) is 0 Å². The lowest BCUT2D eigenvalue weighted by Gasteiger charge is -2.34. The topological polar surface area (TPSA) is 82.2 Å². The van der Waals surface area contributed by atoms with E-state index in [0.717, 1.165) is 56.6 Å². The van der Waals surface area contributed by atoms with Crippen LogP contribution in [0.15, 0.2) is 24.3 Å². The first kappa shape index (κ1) is 21.6. The molecule has 0 bridgehead atoms. The van der Waals surface area contributed by atoms with Gasteiger partial charge >= 0.3 is 6.03 Å². The maximum Gasteiger partial charge on any atom is 0.320 e. The molecule has 0 spiro atoms. The van der Waals surface area contributed by atoms with Crippen LogP contribution in [-0.4, -0.2) is 85.0 Å². The van der Waals surface area contributed by atoms with Gasteiger partial charge in [0.25, 0.3) is 0 Å². The molecule has 3 aliphatic heterocycles. The second-order valence-corrected chi connectivity index (χ2v) is 8.62. The summed E-state index contributed by atoms with van der Waals surface area (Å²) in [5.41, 5.74) is 1.64. The van der Waals surface area contributed by atoms with Crippen molar-refractivity contribution in [3.05, 3.63) is 29.8 Å². The number of ether oxygens (including phenoxy) is 1. The molecule has 1 N–H and O–H groups in total. The summed E-state index contributed by atoms with van der Waals surface area (Å²) < 4.78 is 5.29. The molecule has 4 rings (SSSR count). The number of benzene rings is 1. The predicted molar refractivity (Wildman–Crippen MR) is 117 cm³/mol. The van der Waals surface area contributed by atoms with Gasteiger partial charge in [-0.3, -0.25) is 9.59 Å². The number of nitrogens with zero attached hydrogens (tertiary/aromatic N) is 3. The summed E-state index contributed by atoms with van der Waals surface area (Å²) in [4.78, 5) is 43.4. The highest BCUT2D eigenvalue weighted by molar-refractivity contribution is 5.93. The number of anilines is 1. The zero-order chi connectivity index (χ0) is 21.6. The van der Waals surface area contributed by atoms with E-state index in [2.05, 4.69) is 5.32 Å². The molecule has 3 saturated heterocycles. The van der Waals surface area contributed by atoms with Gasteiger partial charge in [-0.15, -0.1) is 0 Å². The van der Waals surface area contributed by atoms with Crippen molar-refractivity contribution in [1.82, 2.24) is 14.7 Å². The molecule has 8 heteroatoms. The van der Waals surface area contributed by atoms with Crippen molar-refractivity contribution in [2.24, 2.45) is 5.92 Å². The highest BCUT2D eigenvalue weighted by Gasteiger charge is 2.31. The summed E-state index contributed by atoms with van der Waals surface area (Å²) >= 11 is 0. The molecular weight excluding hydrogens is 396 g/mol. The first-order chi connectivity index (χ1) is 15.1. The summed E-state index contributed by atoms with van der Waals surface area (Å²) in [7, 11) is 0. The van der Waals surface area contributed by atoms with Crippen LogP contribution in [-0.2, 0) is 20.7 Å². The molecule has 0 aliphatic carbocycles. The van der Waals surface area contributed by atoms with Gasteiger partial charge in [0.1, 0.15) is 0 Å². The molecule has 0 radical (unpaired) electrons. The number of urea groups is 1. The lowest BCUT2D eigenvalue weighted by Crippen LogP contribution is -2.48. The standard InChI is InChI=1S/C23H32N4O4/c28-21(25-12-14-31-15-13-25)16-18-5-7-20(8-6-18)24-22(29)19-4-3-11-27(17-19)23(30)26-9-1-2-10-26/h5-8,19H,1-4,9-17H2,(H,24,29). The van der Waals surface area contributed by atoms with Gasteiger partial charge in [0.2, 0.25) is 11.8 Å². The number of nitrogens with one attached hydrogen (secondary N) is 1. The Morgan fingerprint density at radius 1 is 0.871 bits per heavy atom. The quantitative estimate of drug-likeness (QED) is 0.795. The van der Waals surface area contributed by atoms with E-state index in [4.69, 9.17) is 4.74 Å². The lowest BCUT2D eigenvalue weighted by molar-refractivity contribution is -0.134. The fourth-order valence-electron chi connectivity index (χ4n) is 4.52. The Kier molecular flexibility index (Phi) is 7.06. The van der Waals surface area contributed by atoms with Crippen LogP contribution < -0.4 is 5.32 Å². The van der Waals surface area contributed by atoms with E-state index < -0.39 is 0 Å². The number of morpholine rings is 1. The van der Waals surface area contributed by atoms with Crippen LogP contribution >= 0.6 is 0 Å². The summed E-state index contributed by atoms with van der Waals surface area (Å²) in [6, 6.07) is 7.53. The van der Waals surface area contributed by atoms with Gasteiger partial charge in [-0.05, 0) is 43.4 Å². The van der Waals surface area contributed by atoms with E-state index in [9.17, 15) is 14.4 Å². The average Bonchev–Trinajstić information content (AvgIpc) is 3.35. The van der Waals surface area contributed by atoms with Crippen LogP contribution in [0.25, 0.3) is 0 Å². The van der Waals surface area contributed by atoms with Gasteiger partial charge in [0.15, 0.2) is 0 Å². The Bertz CT molecular complexity index is 785. The van der Waals surface area contributed by atoms with E-state index in [1.165, 1.54) is 0 Å². The Hall–Kier alpha value is -2.61. The minimum atomic E-state index is -0.192. The maximum absolute atomic E-state index is 12.8. The molecule has 4 amide bonds. The smallest absolute Gasteiger partial charge is 0.320 e. The van der Waals surface area contributed by atoms with Gasteiger partial charge in [0, 0.05) is 45.0 Å². The molecule has 168 valence electrons. The number of carbonyl (C=O) groups excluding carboxylic acids is 3. The van der Waals surface area contributed by atoms with Crippen molar-refractivity contribution in [3.8, 4) is 0 Å². The van der Waals surface area contributed by atoms with Crippen LogP contribution in [0.4, 0.5) is 10.5 Å². The van der Waals surface area contributed by atoms with Gasteiger partial charge < -0.3 is 24.8 Å². The zero-order valence-electron chi connectivity index (χ0n) is 18.1. The molecule has 0 aromatic heterocycles. The summed E-state index contributed by atoms with van der Waals surface area (Å²) in [6.45, 7) is 5.34. The zero-order valence-corrected chi connectivity index (χ0v) is 18.1. The molecule has 0 saturated carbocycles. The highest BCUT2D eigenvalue weighted by Crippen LogP contribution is 2.22. The fraction of sp³-hybridized carbons (Fsp3) is 0.609. The van der Waals surface area contributed by atoms with E-state index >= 15 is 0 Å². The van der Waals surface area contributed by atoms with Gasteiger partial charge in [-0.1, -0.05) is 12.1 Å². The van der Waals surface area contributed by atoms with Crippen LogP contribution in [0.1, 0.15) is 31.2 Å². The molecule has 1 atom stereocenters. The van der Waals surface area contributed by atoms with Gasteiger partial charge in [-0.25, -0.2) is 4.79 Å². The fourth-order valence-corrected chi connectivity index (χ4v) is 4.52. The number of hydrogen-bond acceptors (Lipinski definition) is 4. The second kappa shape index (κ2) is 10.1. The maximum atomic E-state index is 12.8. The Balaban J connectivity index is 1.27. The van der Waals surface area contributed by atoms with E-state index in [1.807, 2.05) is 39.0 Å². The van der Waals surface area contributed by atoms with Gasteiger partial charge in [0.05, 0.1) is 25.6 Å². The molecule has 1 aromatic carbocycles. The predicted octanol–water partition coefficient (Wildman–Crippen LogP) is 1.95. The molecule has 3 heterocycles. The lowest BCUT2D eigenvalue weighted by atomic mass is 9.97. The van der Waals surface area contributed by atoms with Crippen LogP contribution in [0.5, 0.6) is 0 Å². The van der Waals surface area contributed by atoms with Crippen molar-refractivity contribution in [2.45, 2.75) is 32.1 Å². The highest BCUT2D eigenvalue weighted by atomic mass is 16.5. The third kappa shape index (κ3) is 5.55.